The fraction of sp³-hybridized carbons (Fsp3) is 0.600. The molecule has 1 unspecified atom stereocenters. The van der Waals surface area contributed by atoms with Crippen molar-refractivity contribution >= 4 is 0 Å². The third-order valence-electron chi connectivity index (χ3n) is 3.53. The van der Waals surface area contributed by atoms with E-state index in [1.807, 2.05) is 0 Å². The van der Waals surface area contributed by atoms with Crippen LogP contribution in [0.4, 0.5) is 0 Å². The van der Waals surface area contributed by atoms with Crippen LogP contribution in [0.2, 0.25) is 0 Å². The summed E-state index contributed by atoms with van der Waals surface area (Å²) in [5.74, 6) is 0.791. The maximum atomic E-state index is 6.23. The normalized spacial score (nSPS) is 13.1. The largest absolute Gasteiger partial charge is 0.327 e. The molecular weight excluding hydrogens is 194 g/mol. The predicted octanol–water partition coefficient (Wildman–Crippen LogP) is 3.69. The number of nitrogens with two attached hydrogens (primary N) is 1. The third-order valence-corrected chi connectivity index (χ3v) is 3.53. The van der Waals surface area contributed by atoms with Gasteiger partial charge in [0.05, 0.1) is 0 Å². The Labute approximate surface area is 100 Å². The fourth-order valence-corrected chi connectivity index (χ4v) is 2.26. The van der Waals surface area contributed by atoms with Crippen LogP contribution >= 0.6 is 0 Å². The minimum absolute atomic E-state index is 0.311. The summed E-state index contributed by atoms with van der Waals surface area (Å²) in [6, 6.07) is 8.87. The number of hydrogen-bond acceptors (Lipinski definition) is 1. The molecule has 0 aliphatic carbocycles. The second kappa shape index (κ2) is 6.70. The van der Waals surface area contributed by atoms with Crippen LogP contribution in [0.3, 0.4) is 0 Å². The van der Waals surface area contributed by atoms with Crippen LogP contribution in [-0.2, 0) is 6.42 Å². The van der Waals surface area contributed by atoms with Gasteiger partial charge in [-0.25, -0.2) is 0 Å². The molecule has 0 aliphatic rings. The quantitative estimate of drug-likeness (QED) is 0.776. The van der Waals surface area contributed by atoms with Crippen molar-refractivity contribution in [2.45, 2.75) is 52.5 Å². The van der Waals surface area contributed by atoms with Crippen molar-refractivity contribution in [3.8, 4) is 0 Å². The minimum atomic E-state index is 0.311. The Morgan fingerprint density at radius 3 is 2.31 bits per heavy atom. The molecule has 0 radical (unpaired) electrons. The van der Waals surface area contributed by atoms with E-state index in [2.05, 4.69) is 45.0 Å². The summed E-state index contributed by atoms with van der Waals surface area (Å²) in [6.07, 6.45) is 4.67. The van der Waals surface area contributed by atoms with Crippen molar-refractivity contribution in [2.24, 2.45) is 11.7 Å². The van der Waals surface area contributed by atoms with E-state index in [0.717, 1.165) is 18.8 Å². The van der Waals surface area contributed by atoms with Gasteiger partial charge in [0.25, 0.3) is 0 Å². The Hall–Kier alpha value is -0.820. The number of hydrogen-bond donors (Lipinski definition) is 1. The zero-order chi connectivity index (χ0) is 12.0. The second-order valence-corrected chi connectivity index (χ2v) is 4.81. The highest BCUT2D eigenvalue weighted by Crippen LogP contribution is 2.17. The molecule has 1 atom stereocenters. The van der Waals surface area contributed by atoms with Crippen LogP contribution in [0.15, 0.2) is 24.3 Å². The minimum Gasteiger partial charge on any atom is -0.327 e. The van der Waals surface area contributed by atoms with Gasteiger partial charge in [-0.1, -0.05) is 51.0 Å². The summed E-state index contributed by atoms with van der Waals surface area (Å²) < 4.78 is 0. The van der Waals surface area contributed by atoms with Crippen molar-refractivity contribution in [3.05, 3.63) is 35.4 Å². The Bertz CT molecular complexity index is 302. The molecule has 1 rings (SSSR count). The molecule has 0 amide bonds. The summed E-state index contributed by atoms with van der Waals surface area (Å²) >= 11 is 0. The fourth-order valence-electron chi connectivity index (χ4n) is 2.26. The average molecular weight is 219 g/mol. The summed E-state index contributed by atoms with van der Waals surface area (Å²) in [7, 11) is 0. The van der Waals surface area contributed by atoms with Gasteiger partial charge in [-0.05, 0) is 36.8 Å². The van der Waals surface area contributed by atoms with Crippen LogP contribution in [-0.4, -0.2) is 6.04 Å². The zero-order valence-corrected chi connectivity index (χ0v) is 10.9. The van der Waals surface area contributed by atoms with Crippen molar-refractivity contribution in [1.29, 1.82) is 0 Å². The van der Waals surface area contributed by atoms with Gasteiger partial charge in [0.1, 0.15) is 0 Å². The first-order valence-electron chi connectivity index (χ1n) is 6.47. The van der Waals surface area contributed by atoms with E-state index in [0.29, 0.717) is 6.04 Å². The molecular formula is C15H25N. The first kappa shape index (κ1) is 13.2. The predicted molar refractivity (Wildman–Crippen MR) is 71.5 cm³/mol. The molecule has 0 heterocycles. The highest BCUT2D eigenvalue weighted by Gasteiger charge is 2.11. The van der Waals surface area contributed by atoms with Crippen LogP contribution < -0.4 is 5.73 Å². The Morgan fingerprint density at radius 2 is 1.75 bits per heavy atom. The lowest BCUT2D eigenvalue weighted by Gasteiger charge is -2.19. The number of aryl methyl sites for hydroxylation is 1. The molecule has 1 nitrogen and oxygen atoms in total. The first-order chi connectivity index (χ1) is 7.67. The first-order valence-corrected chi connectivity index (χ1v) is 6.47. The van der Waals surface area contributed by atoms with E-state index in [1.54, 1.807) is 0 Å². The highest BCUT2D eigenvalue weighted by atomic mass is 14.6. The number of rotatable bonds is 6. The van der Waals surface area contributed by atoms with Gasteiger partial charge in [-0.2, -0.15) is 0 Å². The van der Waals surface area contributed by atoms with E-state index in [1.165, 1.54) is 24.0 Å². The van der Waals surface area contributed by atoms with Crippen molar-refractivity contribution in [3.63, 3.8) is 0 Å². The monoisotopic (exact) mass is 219 g/mol. The molecule has 2 N–H and O–H groups in total. The summed E-state index contributed by atoms with van der Waals surface area (Å²) in [6.45, 7) is 6.68. The SMILES string of the molecule is CCC(CC)CC(N)Cc1ccccc1C. The summed E-state index contributed by atoms with van der Waals surface area (Å²) in [5.41, 5.74) is 8.99. The molecule has 0 bridgehead atoms. The lowest BCUT2D eigenvalue weighted by molar-refractivity contribution is 0.407. The second-order valence-electron chi connectivity index (χ2n) is 4.81. The van der Waals surface area contributed by atoms with Crippen LogP contribution in [0.1, 0.15) is 44.2 Å². The van der Waals surface area contributed by atoms with Crippen LogP contribution in [0.25, 0.3) is 0 Å². The zero-order valence-electron chi connectivity index (χ0n) is 10.9. The van der Waals surface area contributed by atoms with E-state index in [4.69, 9.17) is 5.73 Å². The lowest BCUT2D eigenvalue weighted by atomic mass is 9.91. The Morgan fingerprint density at radius 1 is 1.12 bits per heavy atom. The van der Waals surface area contributed by atoms with Gasteiger partial charge < -0.3 is 5.73 Å². The van der Waals surface area contributed by atoms with Crippen molar-refractivity contribution < 1.29 is 0 Å². The van der Waals surface area contributed by atoms with Gasteiger partial charge in [0.15, 0.2) is 0 Å². The van der Waals surface area contributed by atoms with E-state index in [-0.39, 0.29) is 0 Å². The van der Waals surface area contributed by atoms with E-state index >= 15 is 0 Å². The lowest BCUT2D eigenvalue weighted by Crippen LogP contribution is -2.26. The molecule has 0 saturated heterocycles. The molecule has 0 spiro atoms. The van der Waals surface area contributed by atoms with Crippen LogP contribution in [0, 0.1) is 12.8 Å². The standard InChI is InChI=1S/C15H25N/c1-4-13(5-2)10-15(16)11-14-9-7-6-8-12(14)3/h6-9,13,15H,4-5,10-11,16H2,1-3H3. The Balaban J connectivity index is 2.51. The number of benzene rings is 1. The molecule has 0 aromatic heterocycles. The van der Waals surface area contributed by atoms with E-state index in [9.17, 15) is 0 Å². The molecule has 0 fully saturated rings. The van der Waals surface area contributed by atoms with Gasteiger partial charge in [-0.15, -0.1) is 0 Å². The third kappa shape index (κ3) is 3.97. The van der Waals surface area contributed by atoms with Crippen molar-refractivity contribution in [2.75, 3.05) is 0 Å². The maximum absolute atomic E-state index is 6.23. The Kier molecular flexibility index (Phi) is 5.54. The van der Waals surface area contributed by atoms with Crippen LogP contribution in [0.5, 0.6) is 0 Å². The molecule has 0 aliphatic heterocycles. The highest BCUT2D eigenvalue weighted by molar-refractivity contribution is 5.26. The smallest absolute Gasteiger partial charge is 0.00820 e. The molecule has 1 aromatic rings. The van der Waals surface area contributed by atoms with Crippen molar-refractivity contribution in [1.82, 2.24) is 0 Å². The maximum Gasteiger partial charge on any atom is 0.00820 e. The molecule has 1 heteroatoms. The van der Waals surface area contributed by atoms with E-state index < -0.39 is 0 Å². The summed E-state index contributed by atoms with van der Waals surface area (Å²) in [5, 5.41) is 0. The molecule has 90 valence electrons. The molecule has 16 heavy (non-hydrogen) atoms. The van der Waals surface area contributed by atoms with Gasteiger partial charge in [-0.3, -0.25) is 0 Å². The average Bonchev–Trinajstić information content (AvgIpc) is 2.29. The molecule has 0 saturated carbocycles. The topological polar surface area (TPSA) is 26.0 Å². The van der Waals surface area contributed by atoms with Gasteiger partial charge >= 0.3 is 0 Å². The summed E-state index contributed by atoms with van der Waals surface area (Å²) in [4.78, 5) is 0. The van der Waals surface area contributed by atoms with Gasteiger partial charge in [0.2, 0.25) is 0 Å². The molecule has 1 aromatic carbocycles. The van der Waals surface area contributed by atoms with Gasteiger partial charge in [0, 0.05) is 6.04 Å².